The Morgan fingerprint density at radius 2 is 1.76 bits per heavy atom. The zero-order valence-electron chi connectivity index (χ0n) is 22.0. The molecule has 1 saturated heterocycles. The number of thioether (sulfide) groups is 1. The van der Waals surface area contributed by atoms with Gasteiger partial charge in [-0.3, -0.25) is 4.90 Å². The fourth-order valence-electron chi connectivity index (χ4n) is 4.12. The van der Waals surface area contributed by atoms with Crippen LogP contribution < -0.4 is 15.2 Å². The Balaban J connectivity index is 0.000000321. The largest absolute Gasteiger partial charge is 0.508 e. The van der Waals surface area contributed by atoms with Crippen LogP contribution in [0.5, 0.6) is 23.0 Å². The Kier molecular flexibility index (Phi) is 11.5. The first-order valence-corrected chi connectivity index (χ1v) is 13.9. The number of hydrogen-bond acceptors (Lipinski definition) is 7. The highest BCUT2D eigenvalue weighted by Gasteiger charge is 2.24. The number of nitrogens with zero attached hydrogens (tertiary/aromatic N) is 1. The van der Waals surface area contributed by atoms with E-state index in [2.05, 4.69) is 30.9 Å². The Morgan fingerprint density at radius 1 is 1.05 bits per heavy atom. The topological polar surface area (TPSA) is 88.2 Å². The number of para-hydroxylation sites is 1. The summed E-state index contributed by atoms with van der Waals surface area (Å²) in [6, 6.07) is 22.7. The molecule has 0 aliphatic carbocycles. The van der Waals surface area contributed by atoms with Gasteiger partial charge in [-0.2, -0.15) is 0 Å². The quantitative estimate of drug-likeness (QED) is 0.372. The van der Waals surface area contributed by atoms with Gasteiger partial charge in [-0.25, -0.2) is 0 Å². The van der Waals surface area contributed by atoms with E-state index < -0.39 is 0 Å². The van der Waals surface area contributed by atoms with Gasteiger partial charge in [-0.1, -0.05) is 44.2 Å². The number of hydrogen-bond donors (Lipinski definition) is 3. The minimum atomic E-state index is 0.0195. The monoisotopic (exact) mass is 524 g/mol. The molecule has 0 spiro atoms. The minimum absolute atomic E-state index is 0.0195. The molecule has 4 N–H and O–H groups in total. The second-order valence-corrected chi connectivity index (χ2v) is 10.5. The molecule has 7 heteroatoms. The summed E-state index contributed by atoms with van der Waals surface area (Å²) in [5, 5.41) is 18.2. The fraction of sp³-hybridized carbons (Fsp3) is 0.400. The van der Waals surface area contributed by atoms with E-state index in [1.165, 1.54) is 19.5 Å². The van der Waals surface area contributed by atoms with Gasteiger partial charge in [0.1, 0.15) is 35.7 Å². The van der Waals surface area contributed by atoms with Crippen LogP contribution in [0.1, 0.15) is 38.9 Å². The average Bonchev–Trinajstić information content (AvgIpc) is 3.35. The van der Waals surface area contributed by atoms with Crippen molar-refractivity contribution in [1.82, 2.24) is 4.90 Å². The molecule has 5 rings (SSSR count). The highest BCUT2D eigenvalue weighted by atomic mass is 32.2. The maximum absolute atomic E-state index is 9.59. The molecular weight excluding hydrogens is 484 g/mol. The summed E-state index contributed by atoms with van der Waals surface area (Å²) < 4.78 is 12.1. The second kappa shape index (κ2) is 14.8. The number of fused-ring (bicyclic) bond motifs is 1. The predicted octanol–water partition coefficient (Wildman–Crippen LogP) is 6.08. The minimum Gasteiger partial charge on any atom is -0.508 e. The molecule has 2 aliphatic rings. The fourth-order valence-corrected chi connectivity index (χ4v) is 5.18. The van der Waals surface area contributed by atoms with E-state index >= 15 is 0 Å². The molecule has 1 fully saturated rings. The summed E-state index contributed by atoms with van der Waals surface area (Å²) in [6.45, 7) is 10.3. The molecule has 0 amide bonds. The van der Waals surface area contributed by atoms with Gasteiger partial charge in [0.25, 0.3) is 0 Å². The molecule has 2 aliphatic heterocycles. The van der Waals surface area contributed by atoms with Crippen molar-refractivity contribution in [2.45, 2.75) is 44.2 Å². The summed E-state index contributed by atoms with van der Waals surface area (Å²) in [7, 11) is 0. The first-order chi connectivity index (χ1) is 17.9. The number of ether oxygens (including phenoxy) is 2. The normalized spacial score (nSPS) is 19.2. The van der Waals surface area contributed by atoms with Crippen LogP contribution in [0.2, 0.25) is 0 Å². The van der Waals surface area contributed by atoms with E-state index in [0.29, 0.717) is 11.8 Å². The van der Waals surface area contributed by atoms with Crippen molar-refractivity contribution < 1.29 is 19.7 Å². The Labute approximate surface area is 225 Å². The first kappa shape index (κ1) is 28.7. The number of likely N-dealkylation sites (tertiary alicyclic amines) is 1. The van der Waals surface area contributed by atoms with Crippen LogP contribution in [0.15, 0.2) is 77.7 Å². The molecule has 2 unspecified atom stereocenters. The van der Waals surface area contributed by atoms with Gasteiger partial charge in [0.05, 0.1) is 4.90 Å². The van der Waals surface area contributed by atoms with E-state index in [9.17, 15) is 5.11 Å². The Hall–Kier alpha value is -2.87. The van der Waals surface area contributed by atoms with Crippen molar-refractivity contribution in [1.29, 1.82) is 0 Å². The number of aromatic hydroxyl groups is 2. The van der Waals surface area contributed by atoms with Crippen molar-refractivity contribution in [3.63, 3.8) is 0 Å². The molecule has 37 heavy (non-hydrogen) atoms. The van der Waals surface area contributed by atoms with Crippen LogP contribution in [0.25, 0.3) is 0 Å². The van der Waals surface area contributed by atoms with Gasteiger partial charge in [-0.15, -0.1) is 11.8 Å². The van der Waals surface area contributed by atoms with Gasteiger partial charge in [0, 0.05) is 18.3 Å². The smallest absolute Gasteiger partial charge is 0.134 e. The van der Waals surface area contributed by atoms with Crippen molar-refractivity contribution >= 4 is 11.8 Å². The van der Waals surface area contributed by atoms with Crippen LogP contribution in [0.4, 0.5) is 0 Å². The summed E-state index contributed by atoms with van der Waals surface area (Å²) in [5.74, 6) is 3.98. The molecular formula is C30H40N2O4S. The van der Waals surface area contributed by atoms with Gasteiger partial charge in [0.2, 0.25) is 0 Å². The molecule has 200 valence electrons. The van der Waals surface area contributed by atoms with Crippen LogP contribution >= 0.6 is 11.8 Å². The van der Waals surface area contributed by atoms with Crippen molar-refractivity contribution in [3.8, 4) is 23.0 Å². The molecule has 0 radical (unpaired) electrons. The number of rotatable bonds is 5. The number of phenols is 2. The summed E-state index contributed by atoms with van der Waals surface area (Å²) >= 11 is 1.72. The van der Waals surface area contributed by atoms with E-state index in [0.717, 1.165) is 46.8 Å². The van der Waals surface area contributed by atoms with Crippen LogP contribution in [-0.4, -0.2) is 53.1 Å². The maximum atomic E-state index is 9.59. The highest BCUT2D eigenvalue weighted by molar-refractivity contribution is 7.99. The van der Waals surface area contributed by atoms with Crippen molar-refractivity contribution in [2.24, 2.45) is 11.7 Å². The molecule has 6 nitrogen and oxygen atoms in total. The van der Waals surface area contributed by atoms with Crippen molar-refractivity contribution in [2.75, 3.05) is 32.0 Å². The maximum Gasteiger partial charge on any atom is 0.134 e. The second-order valence-electron chi connectivity index (χ2n) is 9.41. The Bertz CT molecular complexity index is 1060. The van der Waals surface area contributed by atoms with Crippen LogP contribution in [-0.2, 0) is 0 Å². The number of nitrogens with two attached hydrogens (primary N) is 1. The first-order valence-electron chi connectivity index (χ1n) is 12.9. The molecule has 3 aromatic carbocycles. The highest BCUT2D eigenvalue weighted by Crippen LogP contribution is 2.42. The average molecular weight is 525 g/mol. The summed E-state index contributed by atoms with van der Waals surface area (Å²) in [5.41, 5.74) is 6.00. The van der Waals surface area contributed by atoms with Crippen LogP contribution in [0.3, 0.4) is 0 Å². The van der Waals surface area contributed by atoms with Gasteiger partial charge in [-0.05, 0) is 80.4 Å². The third-order valence-corrected chi connectivity index (χ3v) is 7.26. The summed E-state index contributed by atoms with van der Waals surface area (Å²) in [6.07, 6.45) is 1.31. The zero-order chi connectivity index (χ0) is 26.6. The van der Waals surface area contributed by atoms with E-state index in [1.54, 1.807) is 48.2 Å². The lowest BCUT2D eigenvalue weighted by Crippen LogP contribution is -2.35. The zero-order valence-corrected chi connectivity index (χ0v) is 22.9. The van der Waals surface area contributed by atoms with Crippen molar-refractivity contribution in [3.05, 3.63) is 78.4 Å². The van der Waals surface area contributed by atoms with E-state index in [4.69, 9.17) is 20.3 Å². The lowest BCUT2D eigenvalue weighted by molar-refractivity contribution is 0.169. The SMILES string of the molecule is CC1CCN(C(C)COc2ccc([C@H]3CSc4cc(O)ccc4O3)cc2)C1.CCN.Oc1ccccc1. The van der Waals surface area contributed by atoms with Gasteiger partial charge in [0.15, 0.2) is 0 Å². The Morgan fingerprint density at radius 3 is 2.35 bits per heavy atom. The van der Waals surface area contributed by atoms with Gasteiger partial charge < -0.3 is 25.4 Å². The molecule has 3 atom stereocenters. The molecule has 0 bridgehead atoms. The van der Waals surface area contributed by atoms with E-state index in [1.807, 2.05) is 31.2 Å². The number of benzene rings is 3. The number of phenolic OH excluding ortho intramolecular Hbond substituents is 2. The molecule has 2 heterocycles. The van der Waals surface area contributed by atoms with Crippen LogP contribution in [0, 0.1) is 5.92 Å². The lowest BCUT2D eigenvalue weighted by atomic mass is 10.1. The molecule has 3 aromatic rings. The van der Waals surface area contributed by atoms with Gasteiger partial charge >= 0.3 is 0 Å². The van der Waals surface area contributed by atoms with E-state index in [-0.39, 0.29) is 11.9 Å². The third-order valence-electron chi connectivity index (χ3n) is 6.16. The molecule has 0 aromatic heterocycles. The molecule has 0 saturated carbocycles. The summed E-state index contributed by atoms with van der Waals surface area (Å²) in [4.78, 5) is 3.51. The standard InChI is InChI=1S/C22H27NO3S.C6H6O.C2H7N/c1-15-9-10-23(12-15)16(2)13-25-19-6-3-17(4-7-19)21-14-27-22-11-18(24)5-8-20(22)26-21;7-6-4-2-1-3-5-6;1-2-3/h3-8,11,15-16,21,24H,9-10,12-14H2,1-2H3;1-5,7H;2-3H2,1H3/t15?,16?,21-;;/m1../s1. The lowest BCUT2D eigenvalue weighted by Gasteiger charge is -2.26. The predicted molar refractivity (Wildman–Crippen MR) is 152 cm³/mol. The third kappa shape index (κ3) is 9.18.